The van der Waals surface area contributed by atoms with Gasteiger partial charge in [-0.05, 0) is 24.3 Å². The van der Waals surface area contributed by atoms with Gasteiger partial charge in [0, 0.05) is 17.1 Å². The van der Waals surface area contributed by atoms with E-state index >= 15 is 0 Å². The lowest BCUT2D eigenvalue weighted by atomic mass is 10.1. The van der Waals surface area contributed by atoms with Gasteiger partial charge < -0.3 is 11.5 Å². The molecular weight excluding hydrogens is 327 g/mol. The standard InChI is InChI=1S/C13H11FN6S.ClH/c14-9-3-1-8(2-4-9)11-10(7-17-19-12(15)16)20-5-6-21-13(20)18-11;/h1-7H,(H4,15,16,19);1H/b17-7+;. The molecule has 0 unspecified atom stereocenters. The van der Waals surface area contributed by atoms with Crippen molar-refractivity contribution in [1.29, 1.82) is 0 Å². The Morgan fingerprint density at radius 3 is 2.68 bits per heavy atom. The van der Waals surface area contributed by atoms with Gasteiger partial charge in [0.1, 0.15) is 5.82 Å². The maximum absolute atomic E-state index is 13.0. The number of hydrogen-bond donors (Lipinski definition) is 2. The second kappa shape index (κ2) is 6.54. The van der Waals surface area contributed by atoms with Crippen molar-refractivity contribution in [3.63, 3.8) is 0 Å². The summed E-state index contributed by atoms with van der Waals surface area (Å²) in [5.41, 5.74) is 12.7. The molecule has 0 amide bonds. The van der Waals surface area contributed by atoms with Gasteiger partial charge in [0.2, 0.25) is 5.96 Å². The van der Waals surface area contributed by atoms with Crippen molar-refractivity contribution in [3.05, 3.63) is 47.4 Å². The van der Waals surface area contributed by atoms with E-state index in [1.54, 1.807) is 12.1 Å². The van der Waals surface area contributed by atoms with E-state index in [1.807, 2.05) is 16.0 Å². The van der Waals surface area contributed by atoms with Crippen molar-refractivity contribution in [1.82, 2.24) is 9.38 Å². The van der Waals surface area contributed by atoms with Gasteiger partial charge in [0.05, 0.1) is 17.6 Å². The zero-order chi connectivity index (χ0) is 14.8. The van der Waals surface area contributed by atoms with E-state index in [4.69, 9.17) is 11.5 Å². The fourth-order valence-electron chi connectivity index (χ4n) is 1.90. The lowest BCUT2D eigenvalue weighted by Gasteiger charge is -1.99. The van der Waals surface area contributed by atoms with E-state index in [2.05, 4.69) is 15.2 Å². The van der Waals surface area contributed by atoms with Crippen molar-refractivity contribution < 1.29 is 4.39 Å². The van der Waals surface area contributed by atoms with Crippen molar-refractivity contribution in [2.45, 2.75) is 0 Å². The first kappa shape index (κ1) is 15.9. The molecule has 2 aromatic heterocycles. The number of imidazole rings is 1. The molecule has 4 N–H and O–H groups in total. The molecule has 22 heavy (non-hydrogen) atoms. The minimum Gasteiger partial charge on any atom is -0.369 e. The maximum Gasteiger partial charge on any atom is 0.211 e. The first-order valence-corrected chi connectivity index (χ1v) is 6.86. The second-order valence-corrected chi connectivity index (χ2v) is 5.05. The summed E-state index contributed by atoms with van der Waals surface area (Å²) in [6.45, 7) is 0. The third-order valence-electron chi connectivity index (χ3n) is 2.77. The van der Waals surface area contributed by atoms with Crippen LogP contribution in [0.25, 0.3) is 16.2 Å². The normalized spacial score (nSPS) is 10.8. The van der Waals surface area contributed by atoms with Crippen LogP contribution < -0.4 is 11.5 Å². The van der Waals surface area contributed by atoms with Gasteiger partial charge >= 0.3 is 0 Å². The number of halogens is 2. The summed E-state index contributed by atoms with van der Waals surface area (Å²) in [6.07, 6.45) is 3.39. The predicted molar refractivity (Wildman–Crippen MR) is 89.1 cm³/mol. The molecule has 3 rings (SSSR count). The Balaban J connectivity index is 0.00000176. The summed E-state index contributed by atoms with van der Waals surface area (Å²) in [7, 11) is 0. The number of hydrogen-bond acceptors (Lipinski definition) is 4. The SMILES string of the molecule is Cl.NC(N)=N/N=C/c1c(-c2ccc(F)cc2)nc2sccn12. The van der Waals surface area contributed by atoms with Gasteiger partial charge in [-0.1, -0.05) is 0 Å². The van der Waals surface area contributed by atoms with Crippen LogP contribution in [0.2, 0.25) is 0 Å². The van der Waals surface area contributed by atoms with Crippen molar-refractivity contribution >= 4 is 40.9 Å². The number of aromatic nitrogens is 2. The monoisotopic (exact) mass is 338 g/mol. The molecule has 0 aliphatic heterocycles. The van der Waals surface area contributed by atoms with E-state index in [-0.39, 0.29) is 24.2 Å². The summed E-state index contributed by atoms with van der Waals surface area (Å²) >= 11 is 1.49. The highest BCUT2D eigenvalue weighted by molar-refractivity contribution is 7.15. The molecule has 114 valence electrons. The van der Waals surface area contributed by atoms with Gasteiger partial charge in [-0.2, -0.15) is 5.10 Å². The quantitative estimate of drug-likeness (QED) is 0.435. The molecule has 0 bridgehead atoms. The highest BCUT2D eigenvalue weighted by atomic mass is 35.5. The smallest absolute Gasteiger partial charge is 0.211 e. The van der Waals surface area contributed by atoms with Gasteiger partial charge in [0.15, 0.2) is 4.96 Å². The Hall–Kier alpha value is -2.45. The number of nitrogens with zero attached hydrogens (tertiary/aromatic N) is 4. The summed E-state index contributed by atoms with van der Waals surface area (Å²) in [4.78, 5) is 5.33. The maximum atomic E-state index is 13.0. The third-order valence-corrected chi connectivity index (χ3v) is 3.53. The van der Waals surface area contributed by atoms with Crippen LogP contribution in [0.1, 0.15) is 5.69 Å². The van der Waals surface area contributed by atoms with E-state index in [1.165, 1.54) is 29.7 Å². The number of benzene rings is 1. The summed E-state index contributed by atoms with van der Waals surface area (Å²) in [5, 5.41) is 9.32. The number of fused-ring (bicyclic) bond motifs is 1. The summed E-state index contributed by atoms with van der Waals surface area (Å²) in [6, 6.07) is 6.11. The lowest BCUT2D eigenvalue weighted by Crippen LogP contribution is -2.21. The Labute approximate surface area is 135 Å². The number of nitrogens with two attached hydrogens (primary N) is 2. The van der Waals surface area contributed by atoms with Crippen molar-refractivity contribution in [2.24, 2.45) is 21.7 Å². The van der Waals surface area contributed by atoms with E-state index < -0.39 is 0 Å². The molecule has 1 aromatic carbocycles. The van der Waals surface area contributed by atoms with Crippen LogP contribution in [0, 0.1) is 5.82 Å². The van der Waals surface area contributed by atoms with Crippen LogP contribution in [0.3, 0.4) is 0 Å². The molecule has 0 aliphatic rings. The van der Waals surface area contributed by atoms with Crippen LogP contribution >= 0.6 is 23.7 Å². The second-order valence-electron chi connectivity index (χ2n) is 4.18. The summed E-state index contributed by atoms with van der Waals surface area (Å²) < 4.78 is 14.9. The zero-order valence-corrected chi connectivity index (χ0v) is 12.8. The molecule has 0 radical (unpaired) electrons. The predicted octanol–water partition coefficient (Wildman–Crippen LogP) is 2.23. The van der Waals surface area contributed by atoms with E-state index in [0.717, 1.165) is 16.2 Å². The van der Waals surface area contributed by atoms with Crippen LogP contribution in [-0.4, -0.2) is 21.6 Å². The van der Waals surface area contributed by atoms with Gasteiger partial charge in [-0.3, -0.25) is 4.40 Å². The molecule has 2 heterocycles. The van der Waals surface area contributed by atoms with Gasteiger partial charge in [0.25, 0.3) is 0 Å². The Morgan fingerprint density at radius 1 is 1.27 bits per heavy atom. The molecule has 9 heteroatoms. The topological polar surface area (TPSA) is 94.1 Å². The van der Waals surface area contributed by atoms with Crippen LogP contribution in [-0.2, 0) is 0 Å². The molecule has 3 aromatic rings. The molecule has 0 saturated carbocycles. The molecule has 0 atom stereocenters. The minimum atomic E-state index is -0.296. The van der Waals surface area contributed by atoms with Crippen LogP contribution in [0.4, 0.5) is 4.39 Å². The number of guanidine groups is 1. The average molecular weight is 339 g/mol. The fraction of sp³-hybridized carbons (Fsp3) is 0. The van der Waals surface area contributed by atoms with Gasteiger partial charge in [-0.15, -0.1) is 28.8 Å². The lowest BCUT2D eigenvalue weighted by molar-refractivity contribution is 0.628. The first-order valence-electron chi connectivity index (χ1n) is 5.98. The summed E-state index contributed by atoms with van der Waals surface area (Å²) in [5.74, 6) is -0.420. The zero-order valence-electron chi connectivity index (χ0n) is 11.2. The van der Waals surface area contributed by atoms with Crippen molar-refractivity contribution in [2.75, 3.05) is 0 Å². The number of rotatable bonds is 3. The molecular formula is C13H12ClFN6S. The van der Waals surface area contributed by atoms with E-state index in [9.17, 15) is 4.39 Å². The molecule has 0 spiro atoms. The number of thiazole rings is 1. The molecule has 0 saturated heterocycles. The minimum absolute atomic E-state index is 0. The first-order chi connectivity index (χ1) is 10.1. The van der Waals surface area contributed by atoms with Crippen LogP contribution in [0.15, 0.2) is 46.0 Å². The van der Waals surface area contributed by atoms with Gasteiger partial charge in [-0.25, -0.2) is 9.37 Å². The Bertz CT molecular complexity index is 832. The van der Waals surface area contributed by atoms with Crippen molar-refractivity contribution in [3.8, 4) is 11.3 Å². The largest absolute Gasteiger partial charge is 0.369 e. The average Bonchev–Trinajstić information content (AvgIpc) is 3.01. The Kier molecular flexibility index (Phi) is 4.74. The van der Waals surface area contributed by atoms with Crippen LogP contribution in [0.5, 0.6) is 0 Å². The fourth-order valence-corrected chi connectivity index (χ4v) is 2.62. The Morgan fingerprint density at radius 2 is 2.00 bits per heavy atom. The molecule has 6 nitrogen and oxygen atoms in total. The molecule has 0 fully saturated rings. The third kappa shape index (κ3) is 3.07. The molecule has 0 aliphatic carbocycles. The van der Waals surface area contributed by atoms with E-state index in [0.29, 0.717) is 5.69 Å². The highest BCUT2D eigenvalue weighted by Gasteiger charge is 2.13. The highest BCUT2D eigenvalue weighted by Crippen LogP contribution is 2.25.